The van der Waals surface area contributed by atoms with E-state index in [1.54, 1.807) is 31.4 Å². The maximum atomic E-state index is 12.7. The first-order valence-corrected chi connectivity index (χ1v) is 10.1. The number of alkyl halides is 2. The Morgan fingerprint density at radius 1 is 1.03 bits per heavy atom. The Morgan fingerprint density at radius 2 is 1.88 bits per heavy atom. The van der Waals surface area contributed by atoms with Gasteiger partial charge in [0.2, 0.25) is 0 Å². The van der Waals surface area contributed by atoms with Crippen molar-refractivity contribution in [2.45, 2.75) is 33.2 Å². The third-order valence-electron chi connectivity index (χ3n) is 4.57. The van der Waals surface area contributed by atoms with Crippen molar-refractivity contribution in [1.82, 2.24) is 15.6 Å². The molecule has 168 valence electrons. The van der Waals surface area contributed by atoms with Crippen molar-refractivity contribution < 1.29 is 18.3 Å². The van der Waals surface area contributed by atoms with Crippen LogP contribution in [0.15, 0.2) is 71.9 Å². The summed E-state index contributed by atoms with van der Waals surface area (Å²) >= 11 is 0. The maximum absolute atomic E-state index is 12.7. The van der Waals surface area contributed by atoms with E-state index in [0.717, 1.165) is 22.6 Å². The molecule has 0 unspecified atom stereocenters. The summed E-state index contributed by atoms with van der Waals surface area (Å²) in [6, 6.07) is 18.5. The number of pyridine rings is 1. The van der Waals surface area contributed by atoms with Gasteiger partial charge in [-0.15, -0.1) is 0 Å². The molecule has 0 saturated heterocycles. The Morgan fingerprint density at radius 3 is 2.62 bits per heavy atom. The van der Waals surface area contributed by atoms with Crippen molar-refractivity contribution in [2.75, 3.05) is 7.05 Å². The molecule has 0 aliphatic rings. The fourth-order valence-electron chi connectivity index (χ4n) is 3.03. The summed E-state index contributed by atoms with van der Waals surface area (Å²) in [7, 11) is 1.65. The molecular formula is C24H26F2N4O2. The summed E-state index contributed by atoms with van der Waals surface area (Å²) in [5, 5.41) is 6.35. The number of guanidine groups is 1. The van der Waals surface area contributed by atoms with Gasteiger partial charge in [0.05, 0.1) is 5.69 Å². The van der Waals surface area contributed by atoms with Gasteiger partial charge in [-0.3, -0.25) is 9.98 Å². The minimum atomic E-state index is -2.87. The highest BCUT2D eigenvalue weighted by Gasteiger charge is 2.10. The number of hydrogen-bond donors (Lipinski definition) is 2. The van der Waals surface area contributed by atoms with Gasteiger partial charge in [0.15, 0.2) is 5.96 Å². The van der Waals surface area contributed by atoms with Crippen LogP contribution in [0.3, 0.4) is 0 Å². The molecule has 1 aromatic heterocycles. The highest BCUT2D eigenvalue weighted by molar-refractivity contribution is 5.79. The summed E-state index contributed by atoms with van der Waals surface area (Å²) in [5.74, 6) is 1.42. The number of ether oxygens (including phenoxy) is 2. The van der Waals surface area contributed by atoms with Crippen molar-refractivity contribution in [2.24, 2.45) is 4.99 Å². The zero-order chi connectivity index (χ0) is 22.8. The fraction of sp³-hybridized carbons (Fsp3) is 0.250. The Bertz CT molecular complexity index is 1030. The molecule has 8 heteroatoms. The van der Waals surface area contributed by atoms with E-state index in [1.165, 1.54) is 0 Å². The van der Waals surface area contributed by atoms with Crippen molar-refractivity contribution in [3.8, 4) is 11.5 Å². The number of nitrogens with one attached hydrogen (secondary N) is 2. The number of nitrogens with zero attached hydrogens (tertiary/aromatic N) is 2. The summed E-state index contributed by atoms with van der Waals surface area (Å²) in [5.41, 5.74) is 3.43. The second-order valence-corrected chi connectivity index (χ2v) is 7.03. The number of aromatic nitrogens is 1. The highest BCUT2D eigenvalue weighted by Crippen LogP contribution is 2.22. The first-order valence-electron chi connectivity index (χ1n) is 10.1. The quantitative estimate of drug-likeness (QED) is 0.381. The second-order valence-electron chi connectivity index (χ2n) is 7.03. The number of benzene rings is 2. The predicted octanol–water partition coefficient (Wildman–Crippen LogP) is 4.44. The van der Waals surface area contributed by atoms with Crippen LogP contribution in [0.4, 0.5) is 8.78 Å². The molecule has 0 aliphatic carbocycles. The fourth-order valence-corrected chi connectivity index (χ4v) is 3.03. The van der Waals surface area contributed by atoms with Gasteiger partial charge in [-0.25, -0.2) is 0 Å². The molecule has 0 amide bonds. The SMILES string of the molecule is CN=C(NCc1cccc(OCc2ccccn2)c1)NCc1cc(C)ccc1OC(F)F. The lowest BCUT2D eigenvalue weighted by Gasteiger charge is -2.15. The summed E-state index contributed by atoms with van der Waals surface area (Å²) in [4.78, 5) is 8.44. The van der Waals surface area contributed by atoms with Crippen molar-refractivity contribution in [3.05, 3.63) is 89.2 Å². The second kappa shape index (κ2) is 11.6. The van der Waals surface area contributed by atoms with Crippen LogP contribution >= 0.6 is 0 Å². The first kappa shape index (κ1) is 23.0. The number of rotatable bonds is 9. The van der Waals surface area contributed by atoms with Crippen LogP contribution in [0.25, 0.3) is 0 Å². The third-order valence-corrected chi connectivity index (χ3v) is 4.57. The van der Waals surface area contributed by atoms with E-state index < -0.39 is 6.61 Å². The molecule has 2 N–H and O–H groups in total. The molecule has 0 bridgehead atoms. The average molecular weight is 440 g/mol. The third kappa shape index (κ3) is 7.23. The molecule has 2 aromatic carbocycles. The topological polar surface area (TPSA) is 67.8 Å². The monoisotopic (exact) mass is 440 g/mol. The lowest BCUT2D eigenvalue weighted by Crippen LogP contribution is -2.36. The minimum Gasteiger partial charge on any atom is -0.487 e. The first-order chi connectivity index (χ1) is 15.5. The van der Waals surface area contributed by atoms with E-state index in [1.807, 2.05) is 49.4 Å². The number of aliphatic imine (C=N–C) groups is 1. The van der Waals surface area contributed by atoms with Crippen LogP contribution in [0.5, 0.6) is 11.5 Å². The molecule has 32 heavy (non-hydrogen) atoms. The highest BCUT2D eigenvalue weighted by atomic mass is 19.3. The smallest absolute Gasteiger partial charge is 0.387 e. The van der Waals surface area contributed by atoms with Crippen molar-refractivity contribution in [1.29, 1.82) is 0 Å². The van der Waals surface area contributed by atoms with Crippen LogP contribution in [-0.2, 0) is 19.7 Å². The van der Waals surface area contributed by atoms with Crippen LogP contribution in [-0.4, -0.2) is 24.6 Å². The van der Waals surface area contributed by atoms with Gasteiger partial charge in [0.1, 0.15) is 18.1 Å². The van der Waals surface area contributed by atoms with Gasteiger partial charge in [-0.05, 0) is 42.8 Å². The Hall–Kier alpha value is -3.68. The lowest BCUT2D eigenvalue weighted by atomic mass is 10.1. The molecule has 0 saturated carbocycles. The Kier molecular flexibility index (Phi) is 8.36. The summed E-state index contributed by atoms with van der Waals surface area (Å²) in [6.45, 7) is 0.207. The molecule has 0 fully saturated rings. The lowest BCUT2D eigenvalue weighted by molar-refractivity contribution is -0.0504. The van der Waals surface area contributed by atoms with Gasteiger partial charge < -0.3 is 20.1 Å². The van der Waals surface area contributed by atoms with E-state index in [0.29, 0.717) is 24.7 Å². The van der Waals surface area contributed by atoms with Gasteiger partial charge >= 0.3 is 6.61 Å². The molecule has 1 heterocycles. The molecular weight excluding hydrogens is 414 g/mol. The molecule has 6 nitrogen and oxygen atoms in total. The summed E-state index contributed by atoms with van der Waals surface area (Å²) in [6.07, 6.45) is 1.73. The van der Waals surface area contributed by atoms with Gasteiger partial charge in [-0.1, -0.05) is 35.9 Å². The van der Waals surface area contributed by atoms with E-state index in [9.17, 15) is 8.78 Å². The van der Waals surface area contributed by atoms with E-state index in [4.69, 9.17) is 4.74 Å². The van der Waals surface area contributed by atoms with Gasteiger partial charge in [0, 0.05) is 31.9 Å². The molecule has 3 aromatic rings. The van der Waals surface area contributed by atoms with Crippen molar-refractivity contribution >= 4 is 5.96 Å². The van der Waals surface area contributed by atoms with E-state index in [-0.39, 0.29) is 12.3 Å². The average Bonchev–Trinajstić information content (AvgIpc) is 2.80. The predicted molar refractivity (Wildman–Crippen MR) is 120 cm³/mol. The largest absolute Gasteiger partial charge is 0.487 e. The molecule has 0 aliphatic heterocycles. The van der Waals surface area contributed by atoms with Gasteiger partial charge in [-0.2, -0.15) is 8.78 Å². The number of aryl methyl sites for hydroxylation is 1. The van der Waals surface area contributed by atoms with E-state index >= 15 is 0 Å². The maximum Gasteiger partial charge on any atom is 0.387 e. The molecule has 0 atom stereocenters. The normalized spacial score (nSPS) is 11.3. The van der Waals surface area contributed by atoms with Crippen LogP contribution in [0.1, 0.15) is 22.4 Å². The van der Waals surface area contributed by atoms with Gasteiger partial charge in [0.25, 0.3) is 0 Å². The molecule has 0 spiro atoms. The Balaban J connectivity index is 1.54. The zero-order valence-electron chi connectivity index (χ0n) is 18.0. The van der Waals surface area contributed by atoms with Crippen LogP contribution < -0.4 is 20.1 Å². The Labute approximate surface area is 186 Å². The van der Waals surface area contributed by atoms with Crippen LogP contribution in [0, 0.1) is 6.92 Å². The van der Waals surface area contributed by atoms with E-state index in [2.05, 4.69) is 25.3 Å². The number of halogens is 2. The molecule has 0 radical (unpaired) electrons. The van der Waals surface area contributed by atoms with Crippen molar-refractivity contribution in [3.63, 3.8) is 0 Å². The van der Waals surface area contributed by atoms with Crippen LogP contribution in [0.2, 0.25) is 0 Å². The zero-order valence-corrected chi connectivity index (χ0v) is 18.0. The standard InChI is InChI=1S/C24H26F2N4O2/c1-17-9-10-22(32-23(25)26)19(12-17)15-30-24(27-2)29-14-18-6-5-8-21(13-18)31-16-20-7-3-4-11-28-20/h3-13,23H,14-16H2,1-2H3,(H2,27,29,30). The molecule has 3 rings (SSSR count). The number of hydrogen-bond acceptors (Lipinski definition) is 4. The minimum absolute atomic E-state index is 0.145. The summed E-state index contributed by atoms with van der Waals surface area (Å²) < 4.78 is 35.8.